The molecule has 1 aliphatic carbocycles. The molecule has 0 radical (unpaired) electrons. The average Bonchev–Trinajstić information content (AvgIpc) is 3.08. The Kier molecular flexibility index (Phi) is 4.74. The second-order valence-electron chi connectivity index (χ2n) is 6.17. The summed E-state index contributed by atoms with van der Waals surface area (Å²) in [5.74, 6) is -0.538. The van der Waals surface area contributed by atoms with Gasteiger partial charge in [0.1, 0.15) is 11.9 Å². The van der Waals surface area contributed by atoms with Gasteiger partial charge in [-0.25, -0.2) is 9.07 Å². The van der Waals surface area contributed by atoms with Crippen LogP contribution in [-0.2, 0) is 4.79 Å². The van der Waals surface area contributed by atoms with Crippen molar-refractivity contribution in [2.45, 2.75) is 44.7 Å². The van der Waals surface area contributed by atoms with Crippen molar-refractivity contribution in [2.75, 3.05) is 0 Å². The molecule has 1 unspecified atom stereocenters. The number of carbonyl (C=O) groups is 1. The first-order valence-electron chi connectivity index (χ1n) is 8.21. The second kappa shape index (κ2) is 6.95. The molecule has 1 heterocycles. The van der Waals surface area contributed by atoms with Crippen molar-refractivity contribution < 1.29 is 9.18 Å². The monoisotopic (exact) mass is 329 g/mol. The Morgan fingerprint density at radius 1 is 1.21 bits per heavy atom. The van der Waals surface area contributed by atoms with Crippen LogP contribution in [0.5, 0.6) is 0 Å². The fourth-order valence-corrected chi connectivity index (χ4v) is 2.98. The van der Waals surface area contributed by atoms with Gasteiger partial charge in [-0.05, 0) is 50.1 Å². The van der Waals surface area contributed by atoms with Crippen molar-refractivity contribution in [3.63, 3.8) is 0 Å². The highest BCUT2D eigenvalue weighted by Crippen LogP contribution is 2.19. The number of nitrogens with zero attached hydrogens (tertiary/aromatic N) is 2. The van der Waals surface area contributed by atoms with E-state index in [-0.39, 0.29) is 23.3 Å². The van der Waals surface area contributed by atoms with E-state index >= 15 is 0 Å². The third kappa shape index (κ3) is 3.53. The number of carbonyl (C=O) groups excluding carboxylic acids is 1. The molecule has 5 nitrogen and oxygen atoms in total. The zero-order chi connectivity index (χ0) is 17.1. The van der Waals surface area contributed by atoms with E-state index in [0.717, 1.165) is 25.7 Å². The van der Waals surface area contributed by atoms with Crippen LogP contribution in [0.25, 0.3) is 11.3 Å². The fraction of sp³-hybridized carbons (Fsp3) is 0.389. The lowest BCUT2D eigenvalue weighted by molar-refractivity contribution is -0.124. The molecule has 1 amide bonds. The Hall–Kier alpha value is -2.50. The van der Waals surface area contributed by atoms with E-state index in [9.17, 15) is 14.0 Å². The summed E-state index contributed by atoms with van der Waals surface area (Å²) in [5, 5.41) is 7.27. The summed E-state index contributed by atoms with van der Waals surface area (Å²) in [6.07, 6.45) is 4.21. The highest BCUT2D eigenvalue weighted by molar-refractivity contribution is 5.80. The number of benzene rings is 1. The minimum absolute atomic E-state index is 0.191. The molecule has 1 aromatic heterocycles. The smallest absolute Gasteiger partial charge is 0.267 e. The lowest BCUT2D eigenvalue weighted by atomic mass is 10.1. The molecule has 0 bridgehead atoms. The molecule has 1 saturated carbocycles. The number of hydrogen-bond acceptors (Lipinski definition) is 3. The van der Waals surface area contributed by atoms with Crippen molar-refractivity contribution in [3.8, 4) is 11.3 Å². The van der Waals surface area contributed by atoms with Gasteiger partial charge in [0.25, 0.3) is 5.56 Å². The Bertz CT molecular complexity index is 780. The zero-order valence-corrected chi connectivity index (χ0v) is 13.5. The summed E-state index contributed by atoms with van der Waals surface area (Å²) in [4.78, 5) is 24.5. The maximum absolute atomic E-state index is 13.0. The number of rotatable bonds is 4. The summed E-state index contributed by atoms with van der Waals surface area (Å²) in [6, 6.07) is 8.31. The first-order valence-corrected chi connectivity index (χ1v) is 8.21. The SMILES string of the molecule is CC(C(=O)NC1CCCC1)n1nc(-c2ccc(F)cc2)ccc1=O. The Labute approximate surface area is 139 Å². The highest BCUT2D eigenvalue weighted by Gasteiger charge is 2.23. The third-order valence-corrected chi connectivity index (χ3v) is 4.41. The number of aromatic nitrogens is 2. The molecule has 126 valence electrons. The molecule has 6 heteroatoms. The standard InChI is InChI=1S/C18H20FN3O2/c1-12(18(24)20-15-4-2-3-5-15)22-17(23)11-10-16(21-22)13-6-8-14(19)9-7-13/h6-12,15H,2-5H2,1H3,(H,20,24). The van der Waals surface area contributed by atoms with E-state index in [4.69, 9.17) is 0 Å². The zero-order valence-electron chi connectivity index (χ0n) is 13.5. The molecule has 1 atom stereocenters. The predicted molar refractivity (Wildman–Crippen MR) is 89.0 cm³/mol. The molecular weight excluding hydrogens is 309 g/mol. The molecule has 3 rings (SSSR count). The van der Waals surface area contributed by atoms with Crippen molar-refractivity contribution in [2.24, 2.45) is 0 Å². The third-order valence-electron chi connectivity index (χ3n) is 4.41. The predicted octanol–water partition coefficient (Wildman–Crippen LogP) is 2.67. The maximum Gasteiger partial charge on any atom is 0.267 e. The molecule has 0 aliphatic heterocycles. The quantitative estimate of drug-likeness (QED) is 0.938. The Morgan fingerprint density at radius 3 is 2.54 bits per heavy atom. The van der Waals surface area contributed by atoms with Gasteiger partial charge in [-0.3, -0.25) is 9.59 Å². The lowest BCUT2D eigenvalue weighted by Gasteiger charge is -2.18. The van der Waals surface area contributed by atoms with Crippen molar-refractivity contribution >= 4 is 5.91 Å². The van der Waals surface area contributed by atoms with Crippen LogP contribution in [0.3, 0.4) is 0 Å². The average molecular weight is 329 g/mol. The summed E-state index contributed by atoms with van der Waals surface area (Å²) in [6.45, 7) is 1.66. The maximum atomic E-state index is 13.0. The van der Waals surface area contributed by atoms with E-state index in [1.165, 1.54) is 22.9 Å². The van der Waals surface area contributed by atoms with Gasteiger partial charge < -0.3 is 5.32 Å². The van der Waals surface area contributed by atoms with Gasteiger partial charge in [-0.2, -0.15) is 5.10 Å². The minimum atomic E-state index is -0.696. The molecule has 2 aromatic rings. The Morgan fingerprint density at radius 2 is 1.88 bits per heavy atom. The van der Waals surface area contributed by atoms with Gasteiger partial charge in [0, 0.05) is 17.7 Å². The molecular formula is C18H20FN3O2. The number of halogens is 1. The van der Waals surface area contributed by atoms with E-state index in [0.29, 0.717) is 11.3 Å². The van der Waals surface area contributed by atoms with Crippen molar-refractivity contribution in [1.29, 1.82) is 0 Å². The second-order valence-corrected chi connectivity index (χ2v) is 6.17. The lowest BCUT2D eigenvalue weighted by Crippen LogP contribution is -2.40. The number of nitrogens with one attached hydrogen (secondary N) is 1. The van der Waals surface area contributed by atoms with Gasteiger partial charge in [0.05, 0.1) is 5.69 Å². The van der Waals surface area contributed by atoms with Gasteiger partial charge in [0.2, 0.25) is 5.91 Å². The van der Waals surface area contributed by atoms with Gasteiger partial charge >= 0.3 is 0 Å². The van der Waals surface area contributed by atoms with E-state index in [1.807, 2.05) is 0 Å². The molecule has 0 spiro atoms. The fourth-order valence-electron chi connectivity index (χ4n) is 2.98. The molecule has 1 aromatic carbocycles. The van der Waals surface area contributed by atoms with Crippen molar-refractivity contribution in [3.05, 3.63) is 52.6 Å². The number of amides is 1. The van der Waals surface area contributed by atoms with Crippen LogP contribution in [-0.4, -0.2) is 21.7 Å². The van der Waals surface area contributed by atoms with E-state index < -0.39 is 6.04 Å². The first kappa shape index (κ1) is 16.4. The van der Waals surface area contributed by atoms with Gasteiger partial charge in [0.15, 0.2) is 0 Å². The van der Waals surface area contributed by atoms with Crippen molar-refractivity contribution in [1.82, 2.24) is 15.1 Å². The Balaban J connectivity index is 1.83. The van der Waals surface area contributed by atoms with Crippen LogP contribution in [0.15, 0.2) is 41.2 Å². The first-order chi connectivity index (χ1) is 11.5. The summed E-state index contributed by atoms with van der Waals surface area (Å²) in [7, 11) is 0. The minimum Gasteiger partial charge on any atom is -0.352 e. The van der Waals surface area contributed by atoms with Crippen LogP contribution < -0.4 is 10.9 Å². The normalized spacial score (nSPS) is 16.1. The van der Waals surface area contributed by atoms with Gasteiger partial charge in [-0.1, -0.05) is 12.8 Å². The summed E-state index contributed by atoms with van der Waals surface area (Å²) >= 11 is 0. The van der Waals surface area contributed by atoms with Crippen LogP contribution in [0.4, 0.5) is 4.39 Å². The van der Waals surface area contributed by atoms with Crippen LogP contribution in [0.1, 0.15) is 38.6 Å². The summed E-state index contributed by atoms with van der Waals surface area (Å²) < 4.78 is 14.2. The van der Waals surface area contributed by atoms with Crippen LogP contribution in [0, 0.1) is 5.82 Å². The topological polar surface area (TPSA) is 64.0 Å². The molecule has 1 aliphatic rings. The van der Waals surface area contributed by atoms with E-state index in [1.54, 1.807) is 25.1 Å². The summed E-state index contributed by atoms with van der Waals surface area (Å²) in [5.41, 5.74) is 0.874. The van der Waals surface area contributed by atoms with Gasteiger partial charge in [-0.15, -0.1) is 0 Å². The molecule has 0 saturated heterocycles. The molecule has 24 heavy (non-hydrogen) atoms. The largest absolute Gasteiger partial charge is 0.352 e. The highest BCUT2D eigenvalue weighted by atomic mass is 19.1. The molecule has 1 fully saturated rings. The van der Waals surface area contributed by atoms with Crippen LogP contribution >= 0.6 is 0 Å². The van der Waals surface area contributed by atoms with E-state index in [2.05, 4.69) is 10.4 Å². The number of hydrogen-bond donors (Lipinski definition) is 1. The molecule has 1 N–H and O–H groups in total. The van der Waals surface area contributed by atoms with Crippen LogP contribution in [0.2, 0.25) is 0 Å².